The van der Waals surface area contributed by atoms with Crippen molar-refractivity contribution >= 4 is 5.82 Å². The maximum absolute atomic E-state index is 5.73. The highest BCUT2D eigenvalue weighted by Crippen LogP contribution is 2.24. The quantitative estimate of drug-likeness (QED) is 0.791. The largest absolute Gasteiger partial charge is 0.370 e. The van der Waals surface area contributed by atoms with Gasteiger partial charge in [0.2, 0.25) is 0 Å². The van der Waals surface area contributed by atoms with Gasteiger partial charge < -0.3 is 11.1 Å². The molecule has 1 aliphatic carbocycles. The fraction of sp³-hybridized carbons (Fsp3) is 0.583. The normalized spacial score (nSPS) is 14.8. The van der Waals surface area contributed by atoms with Gasteiger partial charge in [0.25, 0.3) is 0 Å². The zero-order valence-electron chi connectivity index (χ0n) is 9.34. The van der Waals surface area contributed by atoms with Crippen molar-refractivity contribution in [2.24, 2.45) is 5.73 Å². The summed E-state index contributed by atoms with van der Waals surface area (Å²) in [6, 6.07) is 2.24. The van der Waals surface area contributed by atoms with Gasteiger partial charge in [-0.15, -0.1) is 0 Å². The summed E-state index contributed by atoms with van der Waals surface area (Å²) in [5, 5.41) is 3.29. The van der Waals surface area contributed by atoms with E-state index in [1.165, 1.54) is 30.5 Å². The number of nitrogens with two attached hydrogens (primary N) is 1. The van der Waals surface area contributed by atoms with E-state index in [2.05, 4.69) is 23.3 Å². The van der Waals surface area contributed by atoms with Gasteiger partial charge in [-0.1, -0.05) is 0 Å². The van der Waals surface area contributed by atoms with Gasteiger partial charge in [0.05, 0.1) is 0 Å². The number of aromatic nitrogens is 1. The summed E-state index contributed by atoms with van der Waals surface area (Å²) in [6.45, 7) is 3.56. The fourth-order valence-electron chi connectivity index (χ4n) is 2.16. The number of rotatable bonds is 3. The van der Waals surface area contributed by atoms with Crippen molar-refractivity contribution in [1.29, 1.82) is 0 Å². The predicted octanol–water partition coefficient (Wildman–Crippen LogP) is 1.85. The van der Waals surface area contributed by atoms with Gasteiger partial charge in [-0.3, -0.25) is 0 Å². The first-order valence-corrected chi connectivity index (χ1v) is 5.80. The van der Waals surface area contributed by atoms with E-state index in [-0.39, 0.29) is 0 Å². The summed E-state index contributed by atoms with van der Waals surface area (Å²) in [4.78, 5) is 4.68. The molecule has 0 radical (unpaired) electrons. The van der Waals surface area contributed by atoms with Gasteiger partial charge in [0.1, 0.15) is 5.82 Å². The minimum atomic E-state index is 0.572. The zero-order chi connectivity index (χ0) is 10.7. The molecule has 0 spiro atoms. The van der Waals surface area contributed by atoms with Crippen LogP contribution in [0, 0.1) is 0 Å². The van der Waals surface area contributed by atoms with E-state index in [4.69, 9.17) is 5.73 Å². The summed E-state index contributed by atoms with van der Waals surface area (Å²) in [7, 11) is 0. The molecular weight excluding hydrogens is 186 g/mol. The summed E-state index contributed by atoms with van der Waals surface area (Å²) in [5.41, 5.74) is 9.56. The molecule has 82 valence electrons. The topological polar surface area (TPSA) is 50.9 Å². The molecule has 3 nitrogen and oxygen atoms in total. The SMILES string of the molecule is CCNc1nc2c(cc1CN)CCCC2. The van der Waals surface area contributed by atoms with Crippen molar-refractivity contribution in [2.45, 2.75) is 39.2 Å². The van der Waals surface area contributed by atoms with Crippen LogP contribution in [0.5, 0.6) is 0 Å². The van der Waals surface area contributed by atoms with E-state index in [1.807, 2.05) is 0 Å². The second-order valence-corrected chi connectivity index (χ2v) is 4.04. The zero-order valence-corrected chi connectivity index (χ0v) is 9.34. The number of aryl methyl sites for hydroxylation is 2. The molecular formula is C12H19N3. The minimum Gasteiger partial charge on any atom is -0.370 e. The summed E-state index contributed by atoms with van der Waals surface area (Å²) < 4.78 is 0. The number of nitrogens with zero attached hydrogens (tertiary/aromatic N) is 1. The third-order valence-electron chi connectivity index (χ3n) is 2.94. The molecule has 0 amide bonds. The first kappa shape index (κ1) is 10.4. The van der Waals surface area contributed by atoms with Gasteiger partial charge in [0, 0.05) is 24.3 Å². The van der Waals surface area contributed by atoms with Crippen LogP contribution in [0.1, 0.15) is 36.6 Å². The van der Waals surface area contributed by atoms with Crippen LogP contribution in [0.2, 0.25) is 0 Å². The van der Waals surface area contributed by atoms with Gasteiger partial charge in [0.15, 0.2) is 0 Å². The molecule has 0 saturated carbocycles. The van der Waals surface area contributed by atoms with E-state index in [1.54, 1.807) is 0 Å². The smallest absolute Gasteiger partial charge is 0.130 e. The molecule has 1 aromatic heterocycles. The van der Waals surface area contributed by atoms with Gasteiger partial charge in [-0.25, -0.2) is 4.98 Å². The first-order chi connectivity index (χ1) is 7.35. The van der Waals surface area contributed by atoms with Crippen LogP contribution in [0.3, 0.4) is 0 Å². The van der Waals surface area contributed by atoms with E-state index in [0.717, 1.165) is 24.3 Å². The van der Waals surface area contributed by atoms with Crippen LogP contribution >= 0.6 is 0 Å². The number of anilines is 1. The van der Waals surface area contributed by atoms with E-state index in [0.29, 0.717) is 6.54 Å². The molecule has 3 N–H and O–H groups in total. The number of fused-ring (bicyclic) bond motifs is 1. The van der Waals surface area contributed by atoms with Gasteiger partial charge in [-0.2, -0.15) is 0 Å². The lowest BCUT2D eigenvalue weighted by Crippen LogP contribution is -2.13. The molecule has 0 aromatic carbocycles. The highest BCUT2D eigenvalue weighted by molar-refractivity contribution is 5.48. The molecule has 0 saturated heterocycles. The number of hydrogen-bond donors (Lipinski definition) is 2. The van der Waals surface area contributed by atoms with E-state index < -0.39 is 0 Å². The third-order valence-corrected chi connectivity index (χ3v) is 2.94. The van der Waals surface area contributed by atoms with Crippen molar-refractivity contribution in [1.82, 2.24) is 4.98 Å². The van der Waals surface area contributed by atoms with Crippen LogP contribution in [0.15, 0.2) is 6.07 Å². The average Bonchev–Trinajstić information content (AvgIpc) is 2.28. The molecule has 0 unspecified atom stereocenters. The van der Waals surface area contributed by atoms with E-state index in [9.17, 15) is 0 Å². The minimum absolute atomic E-state index is 0.572. The van der Waals surface area contributed by atoms with E-state index >= 15 is 0 Å². The number of nitrogens with one attached hydrogen (secondary N) is 1. The second kappa shape index (κ2) is 4.62. The standard InChI is InChI=1S/C12H19N3/c1-2-14-12-10(8-13)7-9-5-3-4-6-11(9)15-12/h7H,2-6,8,13H2,1H3,(H,14,15). The molecule has 1 aromatic rings. The Hall–Kier alpha value is -1.09. The Morgan fingerprint density at radius 2 is 2.20 bits per heavy atom. The Morgan fingerprint density at radius 1 is 1.40 bits per heavy atom. The molecule has 1 aliphatic rings. The number of pyridine rings is 1. The van der Waals surface area contributed by atoms with Gasteiger partial charge >= 0.3 is 0 Å². The predicted molar refractivity (Wildman–Crippen MR) is 62.9 cm³/mol. The van der Waals surface area contributed by atoms with Crippen LogP contribution in [0.4, 0.5) is 5.82 Å². The van der Waals surface area contributed by atoms with Crippen molar-refractivity contribution in [3.05, 3.63) is 22.9 Å². The Kier molecular flexibility index (Phi) is 3.21. The highest BCUT2D eigenvalue weighted by atomic mass is 15.0. The first-order valence-electron chi connectivity index (χ1n) is 5.80. The average molecular weight is 205 g/mol. The fourth-order valence-corrected chi connectivity index (χ4v) is 2.16. The van der Waals surface area contributed by atoms with Crippen LogP contribution in [0.25, 0.3) is 0 Å². The summed E-state index contributed by atoms with van der Waals surface area (Å²) in [5.74, 6) is 0.987. The van der Waals surface area contributed by atoms with Crippen molar-refractivity contribution in [2.75, 3.05) is 11.9 Å². The van der Waals surface area contributed by atoms with Crippen LogP contribution < -0.4 is 11.1 Å². The monoisotopic (exact) mass is 205 g/mol. The molecule has 0 bridgehead atoms. The third kappa shape index (κ3) is 2.12. The Morgan fingerprint density at radius 3 is 2.93 bits per heavy atom. The highest BCUT2D eigenvalue weighted by Gasteiger charge is 2.13. The second-order valence-electron chi connectivity index (χ2n) is 4.04. The Labute approximate surface area is 91.1 Å². The lowest BCUT2D eigenvalue weighted by molar-refractivity contribution is 0.666. The summed E-state index contributed by atoms with van der Waals surface area (Å²) >= 11 is 0. The molecule has 0 atom stereocenters. The molecule has 0 aliphatic heterocycles. The molecule has 0 fully saturated rings. The van der Waals surface area contributed by atoms with Gasteiger partial charge in [-0.05, 0) is 44.2 Å². The lowest BCUT2D eigenvalue weighted by Gasteiger charge is -2.18. The van der Waals surface area contributed by atoms with Crippen molar-refractivity contribution < 1.29 is 0 Å². The maximum Gasteiger partial charge on any atom is 0.130 e. The Bertz CT molecular complexity index is 347. The Balaban J connectivity index is 2.37. The number of hydrogen-bond acceptors (Lipinski definition) is 3. The molecule has 2 rings (SSSR count). The van der Waals surface area contributed by atoms with Crippen molar-refractivity contribution in [3.63, 3.8) is 0 Å². The molecule has 15 heavy (non-hydrogen) atoms. The molecule has 3 heteroatoms. The van der Waals surface area contributed by atoms with Crippen molar-refractivity contribution in [3.8, 4) is 0 Å². The van der Waals surface area contributed by atoms with Crippen LogP contribution in [-0.4, -0.2) is 11.5 Å². The summed E-state index contributed by atoms with van der Waals surface area (Å²) in [6.07, 6.45) is 4.85. The molecule has 1 heterocycles. The maximum atomic E-state index is 5.73. The van der Waals surface area contributed by atoms with Crippen LogP contribution in [-0.2, 0) is 19.4 Å². The lowest BCUT2D eigenvalue weighted by atomic mass is 9.95.